The average Bonchev–Trinajstić information content (AvgIpc) is 2.03. The summed E-state index contributed by atoms with van der Waals surface area (Å²) in [7, 11) is 0. The van der Waals surface area contributed by atoms with Crippen molar-refractivity contribution in [3.05, 3.63) is 45.5 Å². The molecule has 0 unspecified atom stereocenters. The highest BCUT2D eigenvalue weighted by Crippen LogP contribution is 2.18. The van der Waals surface area contributed by atoms with Gasteiger partial charge in [-0.15, -0.1) is 0 Å². The third kappa shape index (κ3) is 2.31. The topological polar surface area (TPSA) is 4.36 Å². The van der Waals surface area contributed by atoms with Crippen molar-refractivity contribution < 1.29 is 4.39 Å². The summed E-state index contributed by atoms with van der Waals surface area (Å²) in [4.78, 5) is 3.23. The minimum Gasteiger partial charge on any atom is -0.317 e. The fourth-order valence-electron chi connectivity index (χ4n) is 0.901. The van der Waals surface area contributed by atoms with E-state index in [4.69, 9.17) is 6.57 Å². The lowest BCUT2D eigenvalue weighted by Gasteiger charge is -1.99. The van der Waals surface area contributed by atoms with Gasteiger partial charge in [-0.05, 0) is 17.7 Å². The van der Waals surface area contributed by atoms with Crippen LogP contribution in [0.5, 0.6) is 0 Å². The Morgan fingerprint density at radius 3 is 2.83 bits per heavy atom. The van der Waals surface area contributed by atoms with E-state index in [1.807, 2.05) is 0 Å². The first-order valence-electron chi connectivity index (χ1n) is 3.51. The lowest BCUT2D eigenvalue weighted by Crippen LogP contribution is -1.89. The summed E-state index contributed by atoms with van der Waals surface area (Å²) in [5.74, 6) is -0.256. The zero-order chi connectivity index (χ0) is 8.97. The molecule has 0 bridgehead atoms. The number of benzene rings is 1. The molecule has 0 aromatic heterocycles. The van der Waals surface area contributed by atoms with E-state index in [9.17, 15) is 4.39 Å². The molecule has 1 aromatic rings. The Hall–Kier alpha value is -0.880. The third-order valence-electron chi connectivity index (χ3n) is 1.51. The highest BCUT2D eigenvalue weighted by Gasteiger charge is 2.01. The van der Waals surface area contributed by atoms with Crippen molar-refractivity contribution in [2.24, 2.45) is 0 Å². The van der Waals surface area contributed by atoms with Crippen molar-refractivity contribution in [1.29, 1.82) is 0 Å². The molecule has 0 aliphatic carbocycles. The van der Waals surface area contributed by atoms with E-state index < -0.39 is 0 Å². The molecule has 1 rings (SSSR count). The van der Waals surface area contributed by atoms with Crippen molar-refractivity contribution in [3.8, 4) is 0 Å². The number of hydrogen-bond acceptors (Lipinski definition) is 0. The predicted molar refractivity (Wildman–Crippen MR) is 49.3 cm³/mol. The molecule has 3 heteroatoms. The second-order valence-electron chi connectivity index (χ2n) is 2.37. The van der Waals surface area contributed by atoms with Gasteiger partial charge in [0.1, 0.15) is 5.82 Å². The quantitative estimate of drug-likeness (QED) is 0.685. The molecule has 0 saturated carbocycles. The molecule has 0 radical (unpaired) electrons. The Morgan fingerprint density at radius 1 is 1.50 bits per heavy atom. The summed E-state index contributed by atoms with van der Waals surface area (Å²) < 4.78 is 13.3. The van der Waals surface area contributed by atoms with Crippen LogP contribution in [-0.2, 0) is 6.42 Å². The molecule has 12 heavy (non-hydrogen) atoms. The Bertz CT molecular complexity index is 317. The van der Waals surface area contributed by atoms with Gasteiger partial charge in [-0.2, -0.15) is 0 Å². The van der Waals surface area contributed by atoms with Crippen LogP contribution >= 0.6 is 15.9 Å². The highest BCUT2D eigenvalue weighted by molar-refractivity contribution is 9.10. The van der Waals surface area contributed by atoms with Crippen LogP contribution in [0.4, 0.5) is 4.39 Å². The predicted octanol–water partition coefficient (Wildman–Crippen LogP) is 3.05. The molecule has 0 fully saturated rings. The number of nitrogens with zero attached hydrogens (tertiary/aromatic N) is 1. The summed E-state index contributed by atoms with van der Waals surface area (Å²) >= 11 is 3.23. The van der Waals surface area contributed by atoms with E-state index >= 15 is 0 Å². The van der Waals surface area contributed by atoms with Crippen LogP contribution in [-0.4, -0.2) is 6.54 Å². The molecule has 0 aliphatic heterocycles. The number of halogens is 2. The summed E-state index contributed by atoms with van der Waals surface area (Å²) in [5, 5.41) is 0. The average molecular weight is 228 g/mol. The van der Waals surface area contributed by atoms with Crippen LogP contribution in [0.25, 0.3) is 4.85 Å². The van der Waals surface area contributed by atoms with E-state index in [0.29, 0.717) is 13.0 Å². The van der Waals surface area contributed by atoms with Crippen LogP contribution in [0.3, 0.4) is 0 Å². The minimum atomic E-state index is -0.256. The van der Waals surface area contributed by atoms with Gasteiger partial charge in [0.2, 0.25) is 6.54 Å². The molecule has 1 nitrogen and oxygen atoms in total. The second kappa shape index (κ2) is 4.22. The maximum atomic E-state index is 12.6. The Morgan fingerprint density at radius 2 is 2.25 bits per heavy atom. The molecule has 0 atom stereocenters. The van der Waals surface area contributed by atoms with Crippen molar-refractivity contribution in [2.75, 3.05) is 6.54 Å². The van der Waals surface area contributed by atoms with Gasteiger partial charge in [0.05, 0.1) is 0 Å². The molecule has 1 aromatic carbocycles. The fourth-order valence-corrected chi connectivity index (χ4v) is 1.45. The third-order valence-corrected chi connectivity index (χ3v) is 2.25. The molecule has 0 N–H and O–H groups in total. The van der Waals surface area contributed by atoms with Gasteiger partial charge in [-0.3, -0.25) is 0 Å². The van der Waals surface area contributed by atoms with Gasteiger partial charge >= 0.3 is 0 Å². The maximum absolute atomic E-state index is 12.6. The number of hydrogen-bond donors (Lipinski definition) is 0. The van der Waals surface area contributed by atoms with E-state index in [-0.39, 0.29) is 5.82 Å². The van der Waals surface area contributed by atoms with E-state index in [1.54, 1.807) is 6.07 Å². The van der Waals surface area contributed by atoms with Crippen LogP contribution in [0.15, 0.2) is 22.7 Å². The van der Waals surface area contributed by atoms with Gasteiger partial charge in [0, 0.05) is 10.9 Å². The lowest BCUT2D eigenvalue weighted by atomic mass is 10.1. The zero-order valence-electron chi connectivity index (χ0n) is 6.35. The highest BCUT2D eigenvalue weighted by atomic mass is 79.9. The minimum absolute atomic E-state index is 0.256. The SMILES string of the molecule is [C-]#[N+]CCc1ccc(F)cc1Br. The Labute approximate surface area is 79.2 Å². The molecule has 0 heterocycles. The van der Waals surface area contributed by atoms with Gasteiger partial charge in [0.25, 0.3) is 0 Å². The smallest absolute Gasteiger partial charge is 0.218 e. The van der Waals surface area contributed by atoms with Crippen molar-refractivity contribution in [1.82, 2.24) is 0 Å². The van der Waals surface area contributed by atoms with Crippen LogP contribution in [0.2, 0.25) is 0 Å². The Balaban J connectivity index is 2.81. The van der Waals surface area contributed by atoms with Crippen LogP contribution < -0.4 is 0 Å². The monoisotopic (exact) mass is 227 g/mol. The molecule has 0 amide bonds. The lowest BCUT2D eigenvalue weighted by molar-refractivity contribution is 0.626. The van der Waals surface area contributed by atoms with Gasteiger partial charge in [-0.25, -0.2) is 11.0 Å². The summed E-state index contributed by atoms with van der Waals surface area (Å²) in [6.45, 7) is 7.05. The maximum Gasteiger partial charge on any atom is 0.218 e. The molecule has 0 saturated heterocycles. The molecule has 0 aliphatic rings. The first-order chi connectivity index (χ1) is 5.74. The van der Waals surface area contributed by atoms with Crippen molar-refractivity contribution in [3.63, 3.8) is 0 Å². The first kappa shape index (κ1) is 9.21. The fraction of sp³-hybridized carbons (Fsp3) is 0.222. The van der Waals surface area contributed by atoms with E-state index in [2.05, 4.69) is 20.8 Å². The molecular formula is C9H7BrFN. The number of rotatable bonds is 2. The van der Waals surface area contributed by atoms with Crippen LogP contribution in [0.1, 0.15) is 5.56 Å². The van der Waals surface area contributed by atoms with Gasteiger partial charge < -0.3 is 4.85 Å². The molecular weight excluding hydrogens is 221 g/mol. The largest absolute Gasteiger partial charge is 0.317 e. The first-order valence-corrected chi connectivity index (χ1v) is 4.30. The summed E-state index contributed by atoms with van der Waals surface area (Å²) in [5.41, 5.74) is 0.979. The normalized spacial score (nSPS) is 9.42. The Kier molecular flexibility index (Phi) is 3.24. The van der Waals surface area contributed by atoms with E-state index in [0.717, 1.165) is 10.0 Å². The summed E-state index contributed by atoms with van der Waals surface area (Å²) in [6.07, 6.45) is 0.671. The van der Waals surface area contributed by atoms with E-state index in [1.165, 1.54) is 12.1 Å². The van der Waals surface area contributed by atoms with Crippen molar-refractivity contribution in [2.45, 2.75) is 6.42 Å². The standard InChI is InChI=1S/C9H7BrFN/c1-12-5-4-7-2-3-8(11)6-9(7)10/h2-3,6H,4-5H2. The van der Waals surface area contributed by atoms with Crippen molar-refractivity contribution >= 4 is 15.9 Å². The summed E-state index contributed by atoms with van der Waals surface area (Å²) in [6, 6.07) is 4.52. The second-order valence-corrected chi connectivity index (χ2v) is 3.22. The van der Waals surface area contributed by atoms with Gasteiger partial charge in [0.15, 0.2) is 0 Å². The molecule has 0 spiro atoms. The zero-order valence-corrected chi connectivity index (χ0v) is 7.94. The van der Waals surface area contributed by atoms with Gasteiger partial charge in [-0.1, -0.05) is 22.0 Å². The van der Waals surface area contributed by atoms with Crippen LogP contribution in [0, 0.1) is 12.4 Å². The molecule has 62 valence electrons.